The zero-order valence-corrected chi connectivity index (χ0v) is 12.7. The lowest BCUT2D eigenvalue weighted by molar-refractivity contribution is -0.117. The van der Waals surface area contributed by atoms with Crippen molar-refractivity contribution in [2.75, 3.05) is 7.11 Å². The van der Waals surface area contributed by atoms with Crippen LogP contribution < -0.4 is 10.5 Å². The number of benzene rings is 2. The Bertz CT molecular complexity index is 662. The summed E-state index contributed by atoms with van der Waals surface area (Å²) in [5.74, 6) is -1.21. The van der Waals surface area contributed by atoms with Crippen molar-refractivity contribution in [2.24, 2.45) is 5.73 Å². The van der Waals surface area contributed by atoms with E-state index in [2.05, 4.69) is 0 Å². The molecular formula is C16H15F2NO2S. The highest BCUT2D eigenvalue weighted by Crippen LogP contribution is 2.29. The molecule has 0 spiro atoms. The number of ether oxygens (including phenoxy) is 1. The Morgan fingerprint density at radius 2 is 1.91 bits per heavy atom. The molecular weight excluding hydrogens is 308 g/mol. The van der Waals surface area contributed by atoms with Gasteiger partial charge in [0.05, 0.1) is 12.4 Å². The smallest absolute Gasteiger partial charge is 0.231 e. The average Bonchev–Trinajstić information content (AvgIpc) is 2.49. The first kappa shape index (κ1) is 16.3. The van der Waals surface area contributed by atoms with Crippen LogP contribution in [0.4, 0.5) is 8.78 Å². The first-order valence-corrected chi connectivity index (χ1v) is 7.41. The van der Waals surface area contributed by atoms with Crippen LogP contribution in [0.25, 0.3) is 0 Å². The molecule has 22 heavy (non-hydrogen) atoms. The third kappa shape index (κ3) is 4.21. The lowest BCUT2D eigenvalue weighted by atomic mass is 10.1. The molecule has 116 valence electrons. The summed E-state index contributed by atoms with van der Waals surface area (Å²) in [6, 6.07) is 10.4. The molecule has 3 nitrogen and oxygen atoms in total. The van der Waals surface area contributed by atoms with Crippen molar-refractivity contribution in [3.05, 3.63) is 59.7 Å². The van der Waals surface area contributed by atoms with E-state index in [-0.39, 0.29) is 4.90 Å². The highest BCUT2D eigenvalue weighted by Gasteiger charge is 2.19. The monoisotopic (exact) mass is 323 g/mol. The Kier molecular flexibility index (Phi) is 5.38. The van der Waals surface area contributed by atoms with E-state index in [1.54, 1.807) is 19.2 Å². The van der Waals surface area contributed by atoms with Crippen molar-refractivity contribution < 1.29 is 18.3 Å². The zero-order chi connectivity index (χ0) is 16.1. The molecule has 0 saturated heterocycles. The molecule has 0 radical (unpaired) electrons. The fourth-order valence-corrected chi connectivity index (χ4v) is 2.92. The van der Waals surface area contributed by atoms with E-state index >= 15 is 0 Å². The quantitative estimate of drug-likeness (QED) is 0.831. The minimum Gasteiger partial charge on any atom is -0.497 e. The number of rotatable bonds is 6. The van der Waals surface area contributed by atoms with E-state index in [1.165, 1.54) is 6.07 Å². The standard InChI is InChI=1S/C16H15F2NO2S/c1-21-12-5-2-10(3-6-12)8-15(16(19)20)22-14-7-4-11(17)9-13(14)18/h2-7,9,15H,8H2,1H3,(H2,19,20). The minimum atomic E-state index is -0.703. The molecule has 0 aromatic heterocycles. The van der Waals surface area contributed by atoms with Crippen LogP contribution in [-0.2, 0) is 11.2 Å². The fraction of sp³-hybridized carbons (Fsp3) is 0.188. The fourth-order valence-electron chi connectivity index (χ4n) is 1.90. The van der Waals surface area contributed by atoms with Gasteiger partial charge in [-0.3, -0.25) is 4.79 Å². The summed E-state index contributed by atoms with van der Waals surface area (Å²) in [7, 11) is 1.56. The third-order valence-corrected chi connectivity index (χ3v) is 4.33. The number of carbonyl (C=O) groups excluding carboxylic acids is 1. The van der Waals surface area contributed by atoms with Gasteiger partial charge in [-0.25, -0.2) is 8.78 Å². The van der Waals surface area contributed by atoms with Gasteiger partial charge in [0, 0.05) is 11.0 Å². The molecule has 0 heterocycles. The maximum Gasteiger partial charge on any atom is 0.231 e. The average molecular weight is 323 g/mol. The second kappa shape index (κ2) is 7.26. The van der Waals surface area contributed by atoms with E-state index in [9.17, 15) is 13.6 Å². The zero-order valence-electron chi connectivity index (χ0n) is 11.9. The summed E-state index contributed by atoms with van der Waals surface area (Å²) < 4.78 is 31.7. The number of primary amides is 1. The van der Waals surface area contributed by atoms with Gasteiger partial charge in [0.25, 0.3) is 0 Å². The number of hydrogen-bond donors (Lipinski definition) is 1. The molecule has 2 aromatic rings. The van der Waals surface area contributed by atoms with E-state index in [1.807, 2.05) is 12.1 Å². The predicted octanol–water partition coefficient (Wildman–Crippen LogP) is 3.16. The van der Waals surface area contributed by atoms with Gasteiger partial charge in [-0.1, -0.05) is 12.1 Å². The van der Waals surface area contributed by atoms with E-state index < -0.39 is 22.8 Å². The minimum absolute atomic E-state index is 0.193. The van der Waals surface area contributed by atoms with Crippen LogP contribution in [0.15, 0.2) is 47.4 Å². The van der Waals surface area contributed by atoms with Crippen molar-refractivity contribution >= 4 is 17.7 Å². The molecule has 6 heteroatoms. The number of carbonyl (C=O) groups is 1. The van der Waals surface area contributed by atoms with Gasteiger partial charge in [0.1, 0.15) is 17.4 Å². The number of amides is 1. The van der Waals surface area contributed by atoms with Gasteiger partial charge in [-0.15, -0.1) is 11.8 Å². The summed E-state index contributed by atoms with van der Waals surface area (Å²) in [6.07, 6.45) is 0.348. The molecule has 2 aromatic carbocycles. The van der Waals surface area contributed by atoms with Crippen molar-refractivity contribution in [3.63, 3.8) is 0 Å². The molecule has 0 aliphatic heterocycles. The summed E-state index contributed by atoms with van der Waals surface area (Å²) in [5, 5.41) is -0.645. The second-order valence-corrected chi connectivity index (χ2v) is 5.88. The van der Waals surface area contributed by atoms with Crippen molar-refractivity contribution in [1.29, 1.82) is 0 Å². The molecule has 0 bridgehead atoms. The van der Waals surface area contributed by atoms with Gasteiger partial charge in [-0.05, 0) is 36.2 Å². The Labute approximate surface area is 131 Å². The SMILES string of the molecule is COc1ccc(CC(Sc2ccc(F)cc2F)C(N)=O)cc1. The normalized spacial score (nSPS) is 12.0. The van der Waals surface area contributed by atoms with E-state index in [4.69, 9.17) is 10.5 Å². The third-order valence-electron chi connectivity index (χ3n) is 3.06. The van der Waals surface area contributed by atoms with Crippen LogP contribution in [-0.4, -0.2) is 18.3 Å². The highest BCUT2D eigenvalue weighted by molar-refractivity contribution is 8.00. The first-order chi connectivity index (χ1) is 10.5. The van der Waals surface area contributed by atoms with E-state index in [0.29, 0.717) is 12.2 Å². The summed E-state index contributed by atoms with van der Waals surface area (Å²) >= 11 is 0.989. The molecule has 1 amide bonds. The van der Waals surface area contributed by atoms with Crippen LogP contribution >= 0.6 is 11.8 Å². The Balaban J connectivity index is 2.14. The topological polar surface area (TPSA) is 52.3 Å². The molecule has 0 fully saturated rings. The first-order valence-electron chi connectivity index (χ1n) is 6.53. The Morgan fingerprint density at radius 3 is 2.45 bits per heavy atom. The molecule has 0 saturated carbocycles. The summed E-state index contributed by atoms with van der Waals surface area (Å²) in [5.41, 5.74) is 6.26. The maximum absolute atomic E-state index is 13.7. The lowest BCUT2D eigenvalue weighted by Gasteiger charge is -2.14. The van der Waals surface area contributed by atoms with Gasteiger partial charge >= 0.3 is 0 Å². The Morgan fingerprint density at radius 1 is 1.23 bits per heavy atom. The predicted molar refractivity (Wildman–Crippen MR) is 81.9 cm³/mol. The van der Waals surface area contributed by atoms with Crippen LogP contribution in [0.3, 0.4) is 0 Å². The molecule has 0 aliphatic carbocycles. The Hall–Kier alpha value is -2.08. The number of thioether (sulfide) groups is 1. The number of hydrogen-bond acceptors (Lipinski definition) is 3. The number of nitrogens with two attached hydrogens (primary N) is 1. The van der Waals surface area contributed by atoms with Crippen LogP contribution in [0.1, 0.15) is 5.56 Å². The number of halogens is 2. The largest absolute Gasteiger partial charge is 0.497 e. The summed E-state index contributed by atoms with van der Waals surface area (Å²) in [4.78, 5) is 11.8. The van der Waals surface area contributed by atoms with Crippen LogP contribution in [0.5, 0.6) is 5.75 Å². The van der Waals surface area contributed by atoms with Crippen LogP contribution in [0.2, 0.25) is 0 Å². The molecule has 2 N–H and O–H groups in total. The molecule has 1 atom stereocenters. The lowest BCUT2D eigenvalue weighted by Crippen LogP contribution is -2.27. The summed E-state index contributed by atoms with van der Waals surface area (Å²) in [6.45, 7) is 0. The molecule has 2 rings (SSSR count). The van der Waals surface area contributed by atoms with Gasteiger partial charge in [-0.2, -0.15) is 0 Å². The van der Waals surface area contributed by atoms with Gasteiger partial charge in [0.15, 0.2) is 0 Å². The van der Waals surface area contributed by atoms with E-state index in [0.717, 1.165) is 29.5 Å². The second-order valence-electron chi connectivity index (χ2n) is 4.64. The number of methoxy groups -OCH3 is 1. The van der Waals surface area contributed by atoms with Gasteiger partial charge in [0.2, 0.25) is 5.91 Å². The highest BCUT2D eigenvalue weighted by atomic mass is 32.2. The molecule has 0 aliphatic rings. The molecule has 1 unspecified atom stereocenters. The van der Waals surface area contributed by atoms with Crippen molar-refractivity contribution in [1.82, 2.24) is 0 Å². The van der Waals surface area contributed by atoms with Crippen molar-refractivity contribution in [3.8, 4) is 5.75 Å². The van der Waals surface area contributed by atoms with Crippen LogP contribution in [0, 0.1) is 11.6 Å². The van der Waals surface area contributed by atoms with Crippen molar-refractivity contribution in [2.45, 2.75) is 16.6 Å². The maximum atomic E-state index is 13.7. The van der Waals surface area contributed by atoms with Gasteiger partial charge < -0.3 is 10.5 Å².